The van der Waals surface area contributed by atoms with E-state index in [0.29, 0.717) is 5.92 Å². The molecular weight excluding hydrogens is 224 g/mol. The monoisotopic (exact) mass is 248 g/mol. The van der Waals surface area contributed by atoms with E-state index in [1.807, 2.05) is 18.2 Å². The van der Waals surface area contributed by atoms with Gasteiger partial charge < -0.3 is 10.6 Å². The van der Waals surface area contributed by atoms with Gasteiger partial charge in [0.2, 0.25) is 5.91 Å². The Kier molecular flexibility index (Phi) is 4.23. The maximum atomic E-state index is 11.9. The molecule has 1 unspecified atom stereocenters. The van der Waals surface area contributed by atoms with Crippen LogP contribution in [0.4, 0.5) is 0 Å². The van der Waals surface area contributed by atoms with E-state index in [4.69, 9.17) is 5.73 Å². The second kappa shape index (κ2) is 5.70. The number of hydrogen-bond acceptors (Lipinski definition) is 2. The third-order valence-electron chi connectivity index (χ3n) is 4.41. The molecule has 100 valence electrons. The van der Waals surface area contributed by atoms with Gasteiger partial charge in [-0.25, -0.2) is 0 Å². The lowest BCUT2D eigenvalue weighted by Gasteiger charge is -2.41. The number of nitrogens with zero attached hydrogens (tertiary/aromatic N) is 1. The van der Waals surface area contributed by atoms with Gasteiger partial charge in [-0.05, 0) is 51.2 Å². The third-order valence-corrected chi connectivity index (χ3v) is 4.41. The Balaban J connectivity index is 2.04. The van der Waals surface area contributed by atoms with Gasteiger partial charge in [0.05, 0.1) is 5.41 Å². The van der Waals surface area contributed by atoms with Crippen LogP contribution in [-0.4, -0.2) is 30.4 Å². The van der Waals surface area contributed by atoms with Crippen LogP contribution in [0.3, 0.4) is 0 Å². The van der Waals surface area contributed by atoms with E-state index in [1.165, 1.54) is 13.0 Å². The molecule has 2 aliphatic rings. The van der Waals surface area contributed by atoms with Crippen LogP contribution in [0.2, 0.25) is 0 Å². The average Bonchev–Trinajstić information content (AvgIpc) is 2.40. The number of likely N-dealkylation sites (tertiary alicyclic amines) is 1. The molecule has 1 atom stereocenters. The summed E-state index contributed by atoms with van der Waals surface area (Å²) in [6.45, 7) is 5.59. The van der Waals surface area contributed by atoms with Gasteiger partial charge in [0.1, 0.15) is 0 Å². The fourth-order valence-electron chi connectivity index (χ4n) is 3.31. The number of rotatable bonds is 4. The molecule has 1 amide bonds. The van der Waals surface area contributed by atoms with E-state index in [1.54, 1.807) is 0 Å². The maximum Gasteiger partial charge on any atom is 0.228 e. The molecule has 1 saturated heterocycles. The van der Waals surface area contributed by atoms with Gasteiger partial charge in [0.25, 0.3) is 0 Å². The van der Waals surface area contributed by atoms with Crippen LogP contribution < -0.4 is 5.73 Å². The van der Waals surface area contributed by atoms with E-state index < -0.39 is 5.41 Å². The summed E-state index contributed by atoms with van der Waals surface area (Å²) in [7, 11) is 0. The molecule has 0 radical (unpaired) electrons. The highest BCUT2D eigenvalue weighted by atomic mass is 16.1. The molecule has 0 aromatic carbocycles. The number of amides is 1. The molecule has 0 aromatic heterocycles. The molecule has 1 heterocycles. The molecule has 2 rings (SSSR count). The highest BCUT2D eigenvalue weighted by Gasteiger charge is 2.42. The molecule has 0 spiro atoms. The Morgan fingerprint density at radius 1 is 1.39 bits per heavy atom. The molecule has 0 saturated carbocycles. The van der Waals surface area contributed by atoms with Crippen molar-refractivity contribution in [3.63, 3.8) is 0 Å². The van der Waals surface area contributed by atoms with E-state index in [-0.39, 0.29) is 5.91 Å². The van der Waals surface area contributed by atoms with E-state index >= 15 is 0 Å². The quantitative estimate of drug-likeness (QED) is 0.828. The molecule has 1 fully saturated rings. The van der Waals surface area contributed by atoms with Crippen LogP contribution in [0.15, 0.2) is 24.3 Å². The van der Waals surface area contributed by atoms with Crippen molar-refractivity contribution in [3.8, 4) is 0 Å². The predicted octanol–water partition coefficient (Wildman–Crippen LogP) is 2.10. The summed E-state index contributed by atoms with van der Waals surface area (Å²) in [5.74, 6) is 0.251. The van der Waals surface area contributed by atoms with E-state index in [9.17, 15) is 4.79 Å². The Morgan fingerprint density at radius 3 is 2.61 bits per heavy atom. The number of primary amides is 1. The van der Waals surface area contributed by atoms with E-state index in [0.717, 1.165) is 32.4 Å². The lowest BCUT2D eigenvalue weighted by atomic mass is 9.67. The highest BCUT2D eigenvalue weighted by molar-refractivity contribution is 5.84. The van der Waals surface area contributed by atoms with Gasteiger partial charge in [-0.15, -0.1) is 0 Å². The first-order valence-electron chi connectivity index (χ1n) is 7.05. The summed E-state index contributed by atoms with van der Waals surface area (Å²) in [5, 5.41) is 0. The SMILES string of the molecule is CCCN1CCC(C2(C(N)=O)C=CC=CC2)CC1. The second-order valence-corrected chi connectivity index (χ2v) is 5.51. The Hall–Kier alpha value is -1.09. The van der Waals surface area contributed by atoms with Crippen molar-refractivity contribution in [2.75, 3.05) is 19.6 Å². The third kappa shape index (κ3) is 2.51. The molecule has 3 heteroatoms. The van der Waals surface area contributed by atoms with Crippen molar-refractivity contribution in [3.05, 3.63) is 24.3 Å². The van der Waals surface area contributed by atoms with Crippen LogP contribution in [0, 0.1) is 11.3 Å². The van der Waals surface area contributed by atoms with Crippen LogP contribution >= 0.6 is 0 Å². The topological polar surface area (TPSA) is 46.3 Å². The lowest BCUT2D eigenvalue weighted by molar-refractivity contribution is -0.128. The summed E-state index contributed by atoms with van der Waals surface area (Å²) < 4.78 is 0. The fourth-order valence-corrected chi connectivity index (χ4v) is 3.31. The Morgan fingerprint density at radius 2 is 2.11 bits per heavy atom. The Bertz CT molecular complexity index is 354. The predicted molar refractivity (Wildman–Crippen MR) is 74.0 cm³/mol. The highest BCUT2D eigenvalue weighted by Crippen LogP contribution is 2.41. The lowest BCUT2D eigenvalue weighted by Crippen LogP contribution is -2.47. The normalized spacial score (nSPS) is 29.6. The number of carbonyl (C=O) groups is 1. The summed E-state index contributed by atoms with van der Waals surface area (Å²) in [4.78, 5) is 14.4. The van der Waals surface area contributed by atoms with E-state index in [2.05, 4.69) is 17.9 Å². The van der Waals surface area contributed by atoms with Crippen molar-refractivity contribution in [1.29, 1.82) is 0 Å². The van der Waals surface area contributed by atoms with Gasteiger partial charge >= 0.3 is 0 Å². The van der Waals surface area contributed by atoms with Crippen LogP contribution in [0.1, 0.15) is 32.6 Å². The minimum absolute atomic E-state index is 0.156. The van der Waals surface area contributed by atoms with Crippen molar-refractivity contribution < 1.29 is 4.79 Å². The fraction of sp³-hybridized carbons (Fsp3) is 0.667. The number of carbonyl (C=O) groups excluding carboxylic acids is 1. The molecule has 1 aliphatic heterocycles. The van der Waals surface area contributed by atoms with Gasteiger partial charge in [0.15, 0.2) is 0 Å². The minimum atomic E-state index is -0.424. The van der Waals surface area contributed by atoms with Gasteiger partial charge in [-0.1, -0.05) is 31.2 Å². The van der Waals surface area contributed by atoms with Crippen LogP contribution in [0.25, 0.3) is 0 Å². The summed E-state index contributed by atoms with van der Waals surface area (Å²) in [6.07, 6.45) is 12.2. The zero-order valence-corrected chi connectivity index (χ0v) is 11.3. The summed E-state index contributed by atoms with van der Waals surface area (Å²) in [5.41, 5.74) is 5.27. The number of allylic oxidation sites excluding steroid dienone is 3. The van der Waals surface area contributed by atoms with Gasteiger partial charge in [-0.3, -0.25) is 4.79 Å². The first-order chi connectivity index (χ1) is 8.69. The molecule has 1 aliphatic carbocycles. The minimum Gasteiger partial charge on any atom is -0.369 e. The number of nitrogens with two attached hydrogens (primary N) is 1. The zero-order valence-electron chi connectivity index (χ0n) is 11.3. The standard InChI is InChI=1S/C15H24N2O/c1-2-10-17-11-6-13(7-12-17)15(14(16)18)8-4-3-5-9-15/h3-5,8,13H,2,6-7,9-12H2,1H3,(H2,16,18). The van der Waals surface area contributed by atoms with Crippen molar-refractivity contribution in [1.82, 2.24) is 4.90 Å². The molecule has 2 N–H and O–H groups in total. The second-order valence-electron chi connectivity index (χ2n) is 5.51. The smallest absolute Gasteiger partial charge is 0.228 e. The number of piperidine rings is 1. The summed E-state index contributed by atoms with van der Waals surface area (Å²) >= 11 is 0. The Labute approximate surface area is 110 Å². The average molecular weight is 248 g/mol. The summed E-state index contributed by atoms with van der Waals surface area (Å²) in [6, 6.07) is 0. The van der Waals surface area contributed by atoms with Crippen molar-refractivity contribution >= 4 is 5.91 Å². The zero-order chi connectivity index (χ0) is 13.0. The molecular formula is C15H24N2O. The van der Waals surface area contributed by atoms with Crippen LogP contribution in [-0.2, 0) is 4.79 Å². The van der Waals surface area contributed by atoms with Gasteiger partial charge in [-0.2, -0.15) is 0 Å². The first-order valence-corrected chi connectivity index (χ1v) is 7.05. The molecule has 3 nitrogen and oxygen atoms in total. The van der Waals surface area contributed by atoms with Crippen molar-refractivity contribution in [2.45, 2.75) is 32.6 Å². The largest absolute Gasteiger partial charge is 0.369 e. The molecule has 0 bridgehead atoms. The molecule has 0 aromatic rings. The maximum absolute atomic E-state index is 11.9. The van der Waals surface area contributed by atoms with Gasteiger partial charge in [0, 0.05) is 0 Å². The van der Waals surface area contributed by atoms with Crippen LogP contribution in [0.5, 0.6) is 0 Å². The molecule has 18 heavy (non-hydrogen) atoms. The first kappa shape index (κ1) is 13.3. The van der Waals surface area contributed by atoms with Crippen molar-refractivity contribution in [2.24, 2.45) is 17.1 Å². The number of hydrogen-bond donors (Lipinski definition) is 1.